The lowest BCUT2D eigenvalue weighted by Crippen LogP contribution is -2.38. The number of rotatable bonds is 6. The molecule has 3 aromatic rings. The summed E-state index contributed by atoms with van der Waals surface area (Å²) in [5.41, 5.74) is 2.56. The summed E-state index contributed by atoms with van der Waals surface area (Å²) in [5, 5.41) is 13.8. The number of para-hydroxylation sites is 2. The minimum Gasteiger partial charge on any atom is -0.389 e. The van der Waals surface area contributed by atoms with Gasteiger partial charge in [-0.1, -0.05) is 42.5 Å². The number of imidazole rings is 1. The van der Waals surface area contributed by atoms with E-state index in [1.165, 1.54) is 0 Å². The fourth-order valence-electron chi connectivity index (χ4n) is 3.32. The third-order valence-corrected chi connectivity index (χ3v) is 4.38. The maximum atomic E-state index is 13.0. The number of nitrogens with zero attached hydrogens (tertiary/aromatic N) is 2. The summed E-state index contributed by atoms with van der Waals surface area (Å²) in [5.74, 6) is 0. The number of aliphatic hydroxyl groups is 1. The number of aryl methyl sites for hydroxylation is 1. The SMILES string of the molecule is CCn1c(=O)n([C@@H](c2ccccc2)[C@H](O)CNC)c2ccccc21.Cl. The van der Waals surface area contributed by atoms with Crippen LogP contribution in [0.3, 0.4) is 0 Å². The summed E-state index contributed by atoms with van der Waals surface area (Å²) < 4.78 is 3.47. The molecular formula is C19H24ClN3O2. The molecule has 0 radical (unpaired) electrons. The van der Waals surface area contributed by atoms with E-state index in [0.29, 0.717) is 13.1 Å². The molecule has 0 spiro atoms. The van der Waals surface area contributed by atoms with Gasteiger partial charge in [-0.3, -0.25) is 9.13 Å². The summed E-state index contributed by atoms with van der Waals surface area (Å²) in [4.78, 5) is 13.0. The van der Waals surface area contributed by atoms with Crippen LogP contribution in [-0.4, -0.2) is 33.9 Å². The molecule has 134 valence electrons. The van der Waals surface area contributed by atoms with Gasteiger partial charge in [0.15, 0.2) is 0 Å². The second kappa shape index (κ2) is 8.34. The molecule has 0 saturated heterocycles. The monoisotopic (exact) mass is 361 g/mol. The van der Waals surface area contributed by atoms with E-state index in [1.807, 2.05) is 61.5 Å². The van der Waals surface area contributed by atoms with Gasteiger partial charge in [0.05, 0.1) is 23.2 Å². The lowest BCUT2D eigenvalue weighted by atomic mass is 10.0. The van der Waals surface area contributed by atoms with Crippen molar-refractivity contribution in [3.63, 3.8) is 0 Å². The van der Waals surface area contributed by atoms with Crippen LogP contribution in [0.5, 0.6) is 0 Å². The van der Waals surface area contributed by atoms with Crippen molar-refractivity contribution in [2.45, 2.75) is 25.6 Å². The summed E-state index contributed by atoms with van der Waals surface area (Å²) in [6.07, 6.45) is -0.716. The Labute approximate surface area is 153 Å². The summed E-state index contributed by atoms with van der Waals surface area (Å²) >= 11 is 0. The van der Waals surface area contributed by atoms with Gasteiger partial charge in [0.25, 0.3) is 0 Å². The zero-order valence-electron chi connectivity index (χ0n) is 14.4. The van der Waals surface area contributed by atoms with E-state index < -0.39 is 12.1 Å². The minimum atomic E-state index is -0.716. The average Bonchev–Trinajstić information content (AvgIpc) is 2.88. The highest BCUT2D eigenvalue weighted by molar-refractivity contribution is 5.85. The van der Waals surface area contributed by atoms with Crippen molar-refractivity contribution in [3.05, 3.63) is 70.6 Å². The van der Waals surface area contributed by atoms with Crippen molar-refractivity contribution in [3.8, 4) is 0 Å². The number of likely N-dealkylation sites (N-methyl/N-ethyl adjacent to an activating group) is 1. The second-order valence-electron chi connectivity index (χ2n) is 5.87. The van der Waals surface area contributed by atoms with E-state index in [-0.39, 0.29) is 18.1 Å². The van der Waals surface area contributed by atoms with Crippen LogP contribution >= 0.6 is 12.4 Å². The van der Waals surface area contributed by atoms with Crippen LogP contribution in [0, 0.1) is 0 Å². The zero-order chi connectivity index (χ0) is 17.1. The number of nitrogens with one attached hydrogen (secondary N) is 1. The number of fused-ring (bicyclic) bond motifs is 1. The third kappa shape index (κ3) is 3.49. The predicted octanol–water partition coefficient (Wildman–Crippen LogP) is 2.41. The fourth-order valence-corrected chi connectivity index (χ4v) is 3.32. The molecule has 2 aromatic carbocycles. The highest BCUT2D eigenvalue weighted by atomic mass is 35.5. The van der Waals surface area contributed by atoms with Crippen LogP contribution < -0.4 is 11.0 Å². The van der Waals surface area contributed by atoms with Gasteiger partial charge in [-0.15, -0.1) is 12.4 Å². The average molecular weight is 362 g/mol. The first-order chi connectivity index (χ1) is 11.7. The number of halogens is 1. The summed E-state index contributed by atoms with van der Waals surface area (Å²) in [6.45, 7) is 2.95. The van der Waals surface area contributed by atoms with Gasteiger partial charge in [0.1, 0.15) is 0 Å². The van der Waals surface area contributed by atoms with Crippen molar-refractivity contribution in [2.75, 3.05) is 13.6 Å². The molecule has 0 amide bonds. The molecule has 1 heterocycles. The van der Waals surface area contributed by atoms with Crippen LogP contribution in [0.25, 0.3) is 11.0 Å². The number of aromatic nitrogens is 2. The first kappa shape index (κ1) is 19.2. The lowest BCUT2D eigenvalue weighted by molar-refractivity contribution is 0.130. The van der Waals surface area contributed by atoms with Gasteiger partial charge in [0.2, 0.25) is 0 Å². The molecule has 1 aromatic heterocycles. The third-order valence-electron chi connectivity index (χ3n) is 4.38. The first-order valence-electron chi connectivity index (χ1n) is 8.26. The fraction of sp³-hybridized carbons (Fsp3) is 0.316. The van der Waals surface area contributed by atoms with Crippen molar-refractivity contribution in [2.24, 2.45) is 0 Å². The Morgan fingerprint density at radius 3 is 2.24 bits per heavy atom. The van der Waals surface area contributed by atoms with Crippen LogP contribution in [0.4, 0.5) is 0 Å². The number of benzene rings is 2. The molecule has 6 heteroatoms. The highest BCUT2D eigenvalue weighted by Gasteiger charge is 2.27. The quantitative estimate of drug-likeness (QED) is 0.709. The largest absolute Gasteiger partial charge is 0.389 e. The normalized spacial score (nSPS) is 13.4. The van der Waals surface area contributed by atoms with E-state index in [0.717, 1.165) is 16.6 Å². The molecule has 2 atom stereocenters. The predicted molar refractivity (Wildman–Crippen MR) is 104 cm³/mol. The van der Waals surface area contributed by atoms with E-state index in [1.54, 1.807) is 16.2 Å². The molecule has 0 aliphatic heterocycles. The van der Waals surface area contributed by atoms with Crippen LogP contribution in [0.1, 0.15) is 18.5 Å². The maximum Gasteiger partial charge on any atom is 0.329 e. The Bertz CT molecular complexity index is 873. The van der Waals surface area contributed by atoms with Crippen LogP contribution in [0.2, 0.25) is 0 Å². The molecule has 0 aliphatic carbocycles. The van der Waals surface area contributed by atoms with Gasteiger partial charge in [0, 0.05) is 13.1 Å². The van der Waals surface area contributed by atoms with E-state index in [2.05, 4.69) is 5.32 Å². The van der Waals surface area contributed by atoms with Gasteiger partial charge in [-0.2, -0.15) is 0 Å². The zero-order valence-corrected chi connectivity index (χ0v) is 15.2. The van der Waals surface area contributed by atoms with Crippen LogP contribution in [-0.2, 0) is 6.54 Å². The van der Waals surface area contributed by atoms with Gasteiger partial charge in [-0.25, -0.2) is 4.79 Å². The van der Waals surface area contributed by atoms with Gasteiger partial charge in [-0.05, 0) is 31.7 Å². The van der Waals surface area contributed by atoms with Crippen molar-refractivity contribution in [1.82, 2.24) is 14.5 Å². The standard InChI is InChI=1S/C19H23N3O2.ClH/c1-3-21-15-11-7-8-12-16(15)22(19(21)24)18(17(23)13-20-2)14-9-5-4-6-10-14;/h4-12,17-18,20,23H,3,13H2,1-2H3;1H/t17-,18+;/m1./s1. The number of aliphatic hydroxyl groups excluding tert-OH is 1. The molecule has 0 fully saturated rings. The Balaban J connectivity index is 0.00000225. The Kier molecular flexibility index (Phi) is 6.42. The van der Waals surface area contributed by atoms with Gasteiger partial charge < -0.3 is 10.4 Å². The van der Waals surface area contributed by atoms with Crippen molar-refractivity contribution < 1.29 is 5.11 Å². The molecule has 0 unspecified atom stereocenters. The molecule has 5 nitrogen and oxygen atoms in total. The summed E-state index contributed by atoms with van der Waals surface area (Å²) in [7, 11) is 1.80. The van der Waals surface area contributed by atoms with E-state index in [9.17, 15) is 9.90 Å². The maximum absolute atomic E-state index is 13.0. The van der Waals surface area contributed by atoms with E-state index in [4.69, 9.17) is 0 Å². The molecular weight excluding hydrogens is 338 g/mol. The van der Waals surface area contributed by atoms with Crippen molar-refractivity contribution in [1.29, 1.82) is 0 Å². The molecule has 25 heavy (non-hydrogen) atoms. The highest BCUT2D eigenvalue weighted by Crippen LogP contribution is 2.25. The summed E-state index contributed by atoms with van der Waals surface area (Å²) in [6, 6.07) is 17.0. The van der Waals surface area contributed by atoms with Gasteiger partial charge >= 0.3 is 5.69 Å². The van der Waals surface area contributed by atoms with E-state index >= 15 is 0 Å². The Morgan fingerprint density at radius 1 is 1.04 bits per heavy atom. The smallest absolute Gasteiger partial charge is 0.329 e. The Morgan fingerprint density at radius 2 is 1.64 bits per heavy atom. The molecule has 3 rings (SSSR count). The second-order valence-corrected chi connectivity index (χ2v) is 5.87. The minimum absolute atomic E-state index is 0. The molecule has 2 N–H and O–H groups in total. The number of hydrogen-bond donors (Lipinski definition) is 2. The Hall–Kier alpha value is -2.08. The van der Waals surface area contributed by atoms with Crippen molar-refractivity contribution >= 4 is 23.4 Å². The lowest BCUT2D eigenvalue weighted by Gasteiger charge is -2.25. The molecule has 0 aliphatic rings. The molecule has 0 saturated carbocycles. The topological polar surface area (TPSA) is 59.2 Å². The number of hydrogen-bond acceptors (Lipinski definition) is 3. The molecule has 0 bridgehead atoms. The first-order valence-corrected chi connectivity index (χ1v) is 8.26. The van der Waals surface area contributed by atoms with Crippen LogP contribution in [0.15, 0.2) is 59.4 Å².